The highest BCUT2D eigenvalue weighted by Gasteiger charge is 2.05. The smallest absolute Gasteiger partial charge is 0.191 e. The predicted molar refractivity (Wildman–Crippen MR) is 113 cm³/mol. The molecule has 0 saturated heterocycles. The molecule has 1 aromatic carbocycles. The monoisotopic (exact) mass is 466 g/mol. The van der Waals surface area contributed by atoms with Crippen LogP contribution in [0, 0.1) is 5.82 Å². The maximum Gasteiger partial charge on any atom is 0.191 e. The lowest BCUT2D eigenvalue weighted by molar-refractivity contribution is 0.143. The van der Waals surface area contributed by atoms with Crippen molar-refractivity contribution in [3.05, 3.63) is 35.1 Å². The van der Waals surface area contributed by atoms with Gasteiger partial charge in [0.05, 0.1) is 0 Å². The highest BCUT2D eigenvalue weighted by atomic mass is 127. The number of benzene rings is 1. The summed E-state index contributed by atoms with van der Waals surface area (Å²) < 4.78 is 19.1. The lowest BCUT2D eigenvalue weighted by atomic mass is 10.1. The molecule has 0 fully saturated rings. The molecule has 0 aliphatic carbocycles. The third-order valence-corrected chi connectivity index (χ3v) is 3.49. The molecule has 5 nitrogen and oxygen atoms in total. The van der Waals surface area contributed by atoms with Crippen molar-refractivity contribution in [1.82, 2.24) is 15.5 Å². The Morgan fingerprint density at radius 1 is 1.24 bits per heavy atom. The first-order valence-electron chi connectivity index (χ1n) is 8.51. The van der Waals surface area contributed by atoms with Gasteiger partial charge in [-0.1, -0.05) is 6.07 Å². The number of hydrogen-bond acceptors (Lipinski definition) is 3. The summed E-state index contributed by atoms with van der Waals surface area (Å²) in [6.45, 7) is 5.62. The number of rotatable bonds is 10. The Labute approximate surface area is 168 Å². The topological polar surface area (TPSA) is 48.9 Å². The molecular formula is C18H32FIN4O. The van der Waals surface area contributed by atoms with Crippen LogP contribution < -0.4 is 10.6 Å². The summed E-state index contributed by atoms with van der Waals surface area (Å²) in [4.78, 5) is 6.16. The minimum Gasteiger partial charge on any atom is -0.382 e. The average Bonchev–Trinajstić information content (AvgIpc) is 2.55. The molecule has 25 heavy (non-hydrogen) atoms. The molecule has 0 aromatic heterocycles. The fraction of sp³-hybridized carbons (Fsp3) is 0.611. The molecule has 0 unspecified atom stereocenters. The Balaban J connectivity index is 0.00000576. The van der Waals surface area contributed by atoms with Gasteiger partial charge in [-0.2, -0.15) is 0 Å². The van der Waals surface area contributed by atoms with Crippen molar-refractivity contribution in [3.8, 4) is 0 Å². The summed E-state index contributed by atoms with van der Waals surface area (Å²) in [7, 11) is 5.61. The number of guanidine groups is 1. The van der Waals surface area contributed by atoms with Gasteiger partial charge in [-0.15, -0.1) is 24.0 Å². The molecule has 0 amide bonds. The van der Waals surface area contributed by atoms with E-state index in [4.69, 9.17) is 4.74 Å². The second-order valence-electron chi connectivity index (χ2n) is 5.92. The SMILES string of the molecule is CCOCCCCNC(=NC)NCc1ccc(F)c(CN(C)C)c1.I. The Hall–Kier alpha value is -0.930. The summed E-state index contributed by atoms with van der Waals surface area (Å²) in [6.07, 6.45) is 2.06. The number of ether oxygens (including phenoxy) is 1. The van der Waals surface area contributed by atoms with Gasteiger partial charge in [0.2, 0.25) is 0 Å². The molecule has 0 saturated carbocycles. The largest absolute Gasteiger partial charge is 0.382 e. The molecule has 0 spiro atoms. The van der Waals surface area contributed by atoms with E-state index in [0.29, 0.717) is 18.7 Å². The van der Waals surface area contributed by atoms with Crippen molar-refractivity contribution in [3.63, 3.8) is 0 Å². The Bertz CT molecular complexity index is 512. The minimum atomic E-state index is -0.163. The molecule has 0 aliphatic heterocycles. The molecule has 2 N–H and O–H groups in total. The van der Waals surface area contributed by atoms with Gasteiger partial charge in [0, 0.05) is 45.5 Å². The van der Waals surface area contributed by atoms with E-state index in [9.17, 15) is 4.39 Å². The van der Waals surface area contributed by atoms with Crippen molar-refractivity contribution in [2.24, 2.45) is 4.99 Å². The minimum absolute atomic E-state index is 0. The van der Waals surface area contributed by atoms with Gasteiger partial charge in [0.15, 0.2) is 5.96 Å². The van der Waals surface area contributed by atoms with Crippen molar-refractivity contribution in [2.75, 3.05) is 40.9 Å². The lowest BCUT2D eigenvalue weighted by Crippen LogP contribution is -2.37. The number of nitrogens with one attached hydrogen (secondary N) is 2. The van der Waals surface area contributed by atoms with E-state index in [-0.39, 0.29) is 29.8 Å². The lowest BCUT2D eigenvalue weighted by Gasteiger charge is -2.14. The molecule has 0 heterocycles. The molecule has 0 radical (unpaired) electrons. The molecule has 7 heteroatoms. The predicted octanol–water partition coefficient (Wildman–Crippen LogP) is 2.99. The summed E-state index contributed by atoms with van der Waals surface area (Å²) in [5, 5.41) is 6.54. The van der Waals surface area contributed by atoms with Crippen molar-refractivity contribution < 1.29 is 9.13 Å². The van der Waals surface area contributed by atoms with Crippen LogP contribution in [0.1, 0.15) is 30.9 Å². The fourth-order valence-corrected chi connectivity index (χ4v) is 2.29. The van der Waals surface area contributed by atoms with Crippen LogP contribution in [-0.2, 0) is 17.8 Å². The van der Waals surface area contributed by atoms with E-state index in [1.54, 1.807) is 13.1 Å². The van der Waals surface area contributed by atoms with E-state index >= 15 is 0 Å². The normalized spacial score (nSPS) is 11.4. The van der Waals surface area contributed by atoms with E-state index in [2.05, 4.69) is 15.6 Å². The van der Waals surface area contributed by atoms with Crippen LogP contribution in [0.3, 0.4) is 0 Å². The third kappa shape index (κ3) is 10.6. The van der Waals surface area contributed by atoms with E-state index in [1.807, 2.05) is 32.0 Å². The second-order valence-corrected chi connectivity index (χ2v) is 5.92. The molecule has 0 atom stereocenters. The first-order chi connectivity index (χ1) is 11.6. The Morgan fingerprint density at radius 3 is 2.64 bits per heavy atom. The maximum absolute atomic E-state index is 13.8. The van der Waals surface area contributed by atoms with Crippen LogP contribution in [0.5, 0.6) is 0 Å². The molecule has 0 aliphatic rings. The maximum atomic E-state index is 13.8. The van der Waals surface area contributed by atoms with Crippen LogP contribution in [0.2, 0.25) is 0 Å². The number of hydrogen-bond donors (Lipinski definition) is 2. The first kappa shape index (κ1) is 24.1. The van der Waals surface area contributed by atoms with Crippen molar-refractivity contribution in [2.45, 2.75) is 32.9 Å². The standard InChI is InChI=1S/C18H31FN4O.HI/c1-5-24-11-7-6-10-21-18(20-2)22-13-15-8-9-17(19)16(12-15)14-23(3)4;/h8-9,12H,5-7,10-11,13-14H2,1-4H3,(H2,20,21,22);1H. The highest BCUT2D eigenvalue weighted by Crippen LogP contribution is 2.12. The highest BCUT2D eigenvalue weighted by molar-refractivity contribution is 14.0. The van der Waals surface area contributed by atoms with Gasteiger partial charge in [0.25, 0.3) is 0 Å². The van der Waals surface area contributed by atoms with E-state index in [0.717, 1.165) is 44.1 Å². The first-order valence-corrected chi connectivity index (χ1v) is 8.51. The van der Waals surface area contributed by atoms with Crippen LogP contribution >= 0.6 is 24.0 Å². The molecular weight excluding hydrogens is 434 g/mol. The summed E-state index contributed by atoms with van der Waals surface area (Å²) in [6, 6.07) is 5.23. The molecule has 1 aromatic rings. The quantitative estimate of drug-likeness (QED) is 0.241. The van der Waals surface area contributed by atoms with E-state index in [1.165, 1.54) is 6.07 Å². The van der Waals surface area contributed by atoms with Crippen molar-refractivity contribution >= 4 is 29.9 Å². The van der Waals surface area contributed by atoms with Gasteiger partial charge in [-0.25, -0.2) is 4.39 Å². The zero-order valence-corrected chi connectivity index (χ0v) is 18.1. The van der Waals surface area contributed by atoms with Crippen LogP contribution in [0.15, 0.2) is 23.2 Å². The molecule has 0 bridgehead atoms. The summed E-state index contributed by atoms with van der Waals surface area (Å²) in [5.74, 6) is 0.592. The zero-order valence-electron chi connectivity index (χ0n) is 15.8. The summed E-state index contributed by atoms with van der Waals surface area (Å²) >= 11 is 0. The number of halogens is 2. The number of nitrogens with zero attached hydrogens (tertiary/aromatic N) is 2. The van der Waals surface area contributed by atoms with Gasteiger partial charge in [0.1, 0.15) is 5.82 Å². The van der Waals surface area contributed by atoms with Gasteiger partial charge < -0.3 is 20.3 Å². The Kier molecular flexibility index (Phi) is 13.7. The zero-order chi connectivity index (χ0) is 17.8. The van der Waals surface area contributed by atoms with Gasteiger partial charge in [-0.05, 0) is 51.6 Å². The van der Waals surface area contributed by atoms with Crippen molar-refractivity contribution in [1.29, 1.82) is 0 Å². The van der Waals surface area contributed by atoms with Crippen LogP contribution in [0.25, 0.3) is 0 Å². The molecule has 144 valence electrons. The Morgan fingerprint density at radius 2 is 2.00 bits per heavy atom. The number of aliphatic imine (C=N–C) groups is 1. The average molecular weight is 466 g/mol. The summed E-state index contributed by atoms with van der Waals surface area (Å²) in [5.41, 5.74) is 1.74. The van der Waals surface area contributed by atoms with Gasteiger partial charge >= 0.3 is 0 Å². The van der Waals surface area contributed by atoms with E-state index < -0.39 is 0 Å². The van der Waals surface area contributed by atoms with Gasteiger partial charge in [-0.3, -0.25) is 4.99 Å². The van der Waals surface area contributed by atoms with Crippen LogP contribution in [-0.4, -0.2) is 51.8 Å². The molecule has 1 rings (SSSR count). The van der Waals surface area contributed by atoms with Crippen LogP contribution in [0.4, 0.5) is 4.39 Å². The number of unbranched alkanes of at least 4 members (excludes halogenated alkanes) is 1. The fourth-order valence-electron chi connectivity index (χ4n) is 2.29. The second kappa shape index (κ2) is 14.3. The third-order valence-electron chi connectivity index (χ3n) is 3.49.